The number of sulfonamides is 1. The third-order valence-electron chi connectivity index (χ3n) is 4.29. The van der Waals surface area contributed by atoms with Crippen molar-refractivity contribution in [2.24, 2.45) is 5.73 Å². The molecule has 1 aromatic heterocycles. The van der Waals surface area contributed by atoms with E-state index in [9.17, 15) is 8.42 Å². The predicted molar refractivity (Wildman–Crippen MR) is 96.1 cm³/mol. The number of hydrogen-bond acceptors (Lipinski definition) is 6. The second-order valence-electron chi connectivity index (χ2n) is 6.08. The van der Waals surface area contributed by atoms with Gasteiger partial charge in [-0.1, -0.05) is 24.3 Å². The quantitative estimate of drug-likeness (QED) is 0.730. The number of rotatable bonds is 3. The van der Waals surface area contributed by atoms with Crippen LogP contribution in [0.4, 0.5) is 5.95 Å². The van der Waals surface area contributed by atoms with E-state index in [0.717, 1.165) is 10.9 Å². The van der Waals surface area contributed by atoms with Gasteiger partial charge in [0.2, 0.25) is 16.0 Å². The number of benzene rings is 2. The first-order chi connectivity index (χ1) is 11.9. The maximum atomic E-state index is 12.9. The highest BCUT2D eigenvalue weighted by Crippen LogP contribution is 2.32. The number of anilines is 1. The topological polar surface area (TPSA) is 115 Å². The Bertz CT molecular complexity index is 1060. The molecule has 2 heterocycles. The molecule has 3 aromatic rings. The molecule has 25 heavy (non-hydrogen) atoms. The van der Waals surface area contributed by atoms with Crippen molar-refractivity contribution in [3.05, 3.63) is 48.7 Å². The van der Waals surface area contributed by atoms with Crippen LogP contribution in [0.2, 0.25) is 0 Å². The van der Waals surface area contributed by atoms with Gasteiger partial charge in [0.15, 0.2) is 0 Å². The first-order valence-corrected chi connectivity index (χ1v) is 9.26. The molecule has 8 heteroatoms. The molecule has 4 N–H and O–H groups in total. The van der Waals surface area contributed by atoms with Crippen molar-refractivity contribution in [3.8, 4) is 11.1 Å². The van der Waals surface area contributed by atoms with Gasteiger partial charge in [0.05, 0.1) is 10.4 Å². The Balaban J connectivity index is 1.83. The lowest BCUT2D eigenvalue weighted by Gasteiger charge is -2.36. The summed E-state index contributed by atoms with van der Waals surface area (Å²) in [4.78, 5) is 8.44. The van der Waals surface area contributed by atoms with E-state index in [1.165, 1.54) is 4.31 Å². The van der Waals surface area contributed by atoms with Crippen LogP contribution in [0.25, 0.3) is 22.0 Å². The summed E-state index contributed by atoms with van der Waals surface area (Å²) in [7, 11) is -3.57. The largest absolute Gasteiger partial charge is 0.368 e. The lowest BCUT2D eigenvalue weighted by atomic mass is 10.0. The molecule has 0 bridgehead atoms. The first-order valence-electron chi connectivity index (χ1n) is 7.82. The molecule has 7 nitrogen and oxygen atoms in total. The molecule has 0 saturated carbocycles. The number of aromatic nitrogens is 2. The van der Waals surface area contributed by atoms with Crippen LogP contribution in [-0.4, -0.2) is 41.8 Å². The van der Waals surface area contributed by atoms with Crippen molar-refractivity contribution in [2.45, 2.75) is 10.9 Å². The van der Waals surface area contributed by atoms with Crippen LogP contribution >= 0.6 is 0 Å². The van der Waals surface area contributed by atoms with Crippen LogP contribution in [0, 0.1) is 0 Å². The van der Waals surface area contributed by atoms with E-state index >= 15 is 0 Å². The Morgan fingerprint density at radius 1 is 1.12 bits per heavy atom. The SMILES string of the molecule is Nc1ncc2cc(-c3ccccc3S(=O)(=O)N3CC(N)C3)ccc2n1. The molecule has 2 aromatic carbocycles. The molecule has 0 aliphatic carbocycles. The van der Waals surface area contributed by atoms with Gasteiger partial charge in [0, 0.05) is 36.3 Å². The van der Waals surface area contributed by atoms with Gasteiger partial charge >= 0.3 is 0 Å². The molecule has 0 unspecified atom stereocenters. The van der Waals surface area contributed by atoms with Gasteiger partial charge in [-0.3, -0.25) is 0 Å². The molecule has 128 valence electrons. The minimum Gasteiger partial charge on any atom is -0.368 e. The fourth-order valence-corrected chi connectivity index (χ4v) is 4.72. The van der Waals surface area contributed by atoms with E-state index in [4.69, 9.17) is 11.5 Å². The van der Waals surface area contributed by atoms with Crippen LogP contribution < -0.4 is 11.5 Å². The molecule has 1 aliphatic rings. The normalized spacial score (nSPS) is 16.0. The lowest BCUT2D eigenvalue weighted by molar-refractivity contribution is 0.265. The molecular weight excluding hydrogens is 338 g/mol. The monoisotopic (exact) mass is 355 g/mol. The van der Waals surface area contributed by atoms with Gasteiger partial charge in [0.1, 0.15) is 0 Å². The van der Waals surface area contributed by atoms with Gasteiger partial charge in [0.25, 0.3) is 0 Å². The minimum absolute atomic E-state index is 0.0924. The minimum atomic E-state index is -3.57. The van der Waals surface area contributed by atoms with Crippen molar-refractivity contribution in [3.63, 3.8) is 0 Å². The molecule has 0 spiro atoms. The van der Waals surface area contributed by atoms with E-state index in [2.05, 4.69) is 9.97 Å². The summed E-state index contributed by atoms with van der Waals surface area (Å²) in [5.41, 5.74) is 13.5. The maximum absolute atomic E-state index is 12.9. The highest BCUT2D eigenvalue weighted by Gasteiger charge is 2.35. The molecule has 1 aliphatic heterocycles. The fourth-order valence-electron chi connectivity index (χ4n) is 2.95. The summed E-state index contributed by atoms with van der Waals surface area (Å²) in [5, 5.41) is 0.796. The van der Waals surface area contributed by atoms with Gasteiger partial charge < -0.3 is 11.5 Å². The summed E-state index contributed by atoms with van der Waals surface area (Å²) >= 11 is 0. The maximum Gasteiger partial charge on any atom is 0.243 e. The summed E-state index contributed by atoms with van der Waals surface area (Å²) in [6, 6.07) is 12.4. The Labute approximate surface area is 145 Å². The Hall–Kier alpha value is -2.55. The van der Waals surface area contributed by atoms with Gasteiger partial charge in [-0.05, 0) is 23.8 Å². The van der Waals surface area contributed by atoms with Crippen molar-refractivity contribution in [2.75, 3.05) is 18.8 Å². The second kappa shape index (κ2) is 5.76. The fraction of sp³-hybridized carbons (Fsp3) is 0.176. The Morgan fingerprint density at radius 2 is 1.88 bits per heavy atom. The highest BCUT2D eigenvalue weighted by molar-refractivity contribution is 7.89. The van der Waals surface area contributed by atoms with Gasteiger partial charge in [-0.25, -0.2) is 18.4 Å². The van der Waals surface area contributed by atoms with E-state index in [0.29, 0.717) is 24.2 Å². The third kappa shape index (κ3) is 2.74. The summed E-state index contributed by atoms with van der Waals surface area (Å²) in [6.45, 7) is 0.697. The zero-order chi connectivity index (χ0) is 17.6. The van der Waals surface area contributed by atoms with Crippen LogP contribution in [0.3, 0.4) is 0 Å². The summed E-state index contributed by atoms with van der Waals surface area (Å²) in [6.07, 6.45) is 1.63. The van der Waals surface area contributed by atoms with Crippen LogP contribution in [0.1, 0.15) is 0 Å². The number of nitrogen functional groups attached to an aromatic ring is 1. The molecular formula is C17H17N5O2S. The second-order valence-corrected chi connectivity index (χ2v) is 7.99. The third-order valence-corrected chi connectivity index (χ3v) is 6.18. The van der Waals surface area contributed by atoms with E-state index < -0.39 is 10.0 Å². The van der Waals surface area contributed by atoms with E-state index in [1.54, 1.807) is 24.4 Å². The molecule has 1 fully saturated rings. The number of hydrogen-bond donors (Lipinski definition) is 2. The summed E-state index contributed by atoms with van der Waals surface area (Å²) < 4.78 is 27.2. The van der Waals surface area contributed by atoms with E-state index in [-0.39, 0.29) is 16.9 Å². The van der Waals surface area contributed by atoms with Gasteiger partial charge in [-0.15, -0.1) is 0 Å². The van der Waals surface area contributed by atoms with Crippen LogP contribution in [-0.2, 0) is 10.0 Å². The molecule has 4 rings (SSSR count). The number of nitrogens with zero attached hydrogens (tertiary/aromatic N) is 3. The molecule has 1 saturated heterocycles. The molecule has 0 amide bonds. The number of fused-ring (bicyclic) bond motifs is 1. The smallest absolute Gasteiger partial charge is 0.243 e. The summed E-state index contributed by atoms with van der Waals surface area (Å²) in [5.74, 6) is 0.206. The van der Waals surface area contributed by atoms with Crippen LogP contribution in [0.15, 0.2) is 53.6 Å². The zero-order valence-corrected chi connectivity index (χ0v) is 14.1. The van der Waals surface area contributed by atoms with E-state index in [1.807, 2.05) is 24.3 Å². The standard InChI is InChI=1S/C17H17N5O2S/c18-13-9-22(10-13)25(23,24)16-4-2-1-3-14(16)11-5-6-15-12(7-11)8-20-17(19)21-15/h1-8,13H,9-10,18H2,(H2,19,20,21). The zero-order valence-electron chi connectivity index (χ0n) is 13.3. The van der Waals surface area contributed by atoms with Crippen molar-refractivity contribution in [1.29, 1.82) is 0 Å². The number of nitrogens with two attached hydrogens (primary N) is 2. The van der Waals surface area contributed by atoms with Crippen molar-refractivity contribution < 1.29 is 8.42 Å². The lowest BCUT2D eigenvalue weighted by Crippen LogP contribution is -2.57. The average Bonchev–Trinajstić information content (AvgIpc) is 2.58. The first kappa shape index (κ1) is 15.9. The molecule has 0 radical (unpaired) electrons. The predicted octanol–water partition coefficient (Wildman–Crippen LogP) is 1.21. The molecule has 0 atom stereocenters. The highest BCUT2D eigenvalue weighted by atomic mass is 32.2. The van der Waals surface area contributed by atoms with Gasteiger partial charge in [-0.2, -0.15) is 4.31 Å². The Morgan fingerprint density at radius 3 is 2.64 bits per heavy atom. The average molecular weight is 355 g/mol. The van der Waals surface area contributed by atoms with Crippen molar-refractivity contribution >= 4 is 26.9 Å². The Kier molecular flexibility index (Phi) is 3.68. The van der Waals surface area contributed by atoms with Crippen LogP contribution in [0.5, 0.6) is 0 Å². The van der Waals surface area contributed by atoms with Crippen molar-refractivity contribution in [1.82, 2.24) is 14.3 Å².